The van der Waals surface area contributed by atoms with Crippen LogP contribution in [0.15, 0.2) is 30.3 Å². The zero-order valence-electron chi connectivity index (χ0n) is 13.2. The molecule has 4 atom stereocenters. The van der Waals surface area contributed by atoms with E-state index in [9.17, 15) is 4.79 Å². The zero-order chi connectivity index (χ0) is 15.5. The molecule has 2 heterocycles. The number of rotatable bonds is 2. The Bertz CT molecular complexity index is 502. The molecule has 0 unspecified atom stereocenters. The van der Waals surface area contributed by atoms with E-state index in [-0.39, 0.29) is 30.2 Å². The van der Waals surface area contributed by atoms with Crippen LogP contribution in [0, 0.1) is 0 Å². The molecule has 1 aromatic rings. The normalized spacial score (nSPS) is 32.7. The van der Waals surface area contributed by atoms with Crippen LogP contribution in [-0.4, -0.2) is 55.3 Å². The Morgan fingerprint density at radius 1 is 1.23 bits per heavy atom. The van der Waals surface area contributed by atoms with Gasteiger partial charge in [0.05, 0.1) is 25.3 Å². The summed E-state index contributed by atoms with van der Waals surface area (Å²) in [6.07, 6.45) is -0.467. The molecule has 0 aliphatic carbocycles. The molecular formula is C17H24N2O3. The molecule has 5 heteroatoms. The van der Waals surface area contributed by atoms with Crippen molar-refractivity contribution in [1.82, 2.24) is 10.2 Å². The molecule has 2 saturated heterocycles. The molecule has 1 aromatic carbocycles. The van der Waals surface area contributed by atoms with Crippen LogP contribution < -0.4 is 5.32 Å². The van der Waals surface area contributed by atoms with E-state index >= 15 is 0 Å². The van der Waals surface area contributed by atoms with Crippen LogP contribution in [0.2, 0.25) is 0 Å². The fourth-order valence-electron chi connectivity index (χ4n) is 3.34. The summed E-state index contributed by atoms with van der Waals surface area (Å²) in [5.41, 5.74) is 1.11. The van der Waals surface area contributed by atoms with Gasteiger partial charge in [-0.2, -0.15) is 0 Å². The minimum Gasteiger partial charge on any atom is -0.369 e. The summed E-state index contributed by atoms with van der Waals surface area (Å²) >= 11 is 0. The monoisotopic (exact) mass is 304 g/mol. The molecule has 0 spiro atoms. The molecule has 3 rings (SSSR count). The van der Waals surface area contributed by atoms with Gasteiger partial charge in [0.15, 0.2) is 0 Å². The van der Waals surface area contributed by atoms with E-state index in [1.54, 1.807) is 0 Å². The van der Waals surface area contributed by atoms with E-state index in [1.807, 2.05) is 30.0 Å². The number of morpholine rings is 2. The number of ether oxygens (including phenoxy) is 2. The minimum atomic E-state index is -0.381. The number of benzene rings is 1. The first kappa shape index (κ1) is 15.5. The van der Waals surface area contributed by atoms with Crippen molar-refractivity contribution in [3.8, 4) is 0 Å². The maximum absolute atomic E-state index is 12.9. The molecular weight excluding hydrogens is 280 g/mol. The first-order valence-electron chi connectivity index (χ1n) is 7.99. The minimum absolute atomic E-state index is 0.0100. The average molecular weight is 304 g/mol. The van der Waals surface area contributed by atoms with Crippen LogP contribution in [0.3, 0.4) is 0 Å². The first-order valence-corrected chi connectivity index (χ1v) is 7.99. The Labute approximate surface area is 131 Å². The Balaban J connectivity index is 1.78. The molecule has 120 valence electrons. The van der Waals surface area contributed by atoms with Gasteiger partial charge in [0.1, 0.15) is 12.2 Å². The quantitative estimate of drug-likeness (QED) is 0.896. The largest absolute Gasteiger partial charge is 0.369 e. The summed E-state index contributed by atoms with van der Waals surface area (Å²) in [5, 5.41) is 3.22. The van der Waals surface area contributed by atoms with Crippen molar-refractivity contribution in [3.05, 3.63) is 35.9 Å². The lowest BCUT2D eigenvalue weighted by Crippen LogP contribution is -2.59. The van der Waals surface area contributed by atoms with Crippen LogP contribution in [0.1, 0.15) is 25.5 Å². The van der Waals surface area contributed by atoms with Crippen molar-refractivity contribution in [2.75, 3.05) is 26.3 Å². The molecule has 0 radical (unpaired) electrons. The fraction of sp³-hybridized carbons (Fsp3) is 0.588. The van der Waals surface area contributed by atoms with Gasteiger partial charge in [-0.05, 0) is 19.4 Å². The third-order valence-electron chi connectivity index (χ3n) is 4.45. The number of hydrogen-bond acceptors (Lipinski definition) is 4. The maximum atomic E-state index is 12.9. The first-order chi connectivity index (χ1) is 10.7. The van der Waals surface area contributed by atoms with E-state index in [0.29, 0.717) is 19.8 Å². The third kappa shape index (κ3) is 3.02. The van der Waals surface area contributed by atoms with Crippen molar-refractivity contribution in [2.24, 2.45) is 0 Å². The van der Waals surface area contributed by atoms with E-state index in [0.717, 1.165) is 12.1 Å². The van der Waals surface area contributed by atoms with Gasteiger partial charge in [0, 0.05) is 13.1 Å². The number of hydrogen-bond donors (Lipinski definition) is 1. The Kier molecular flexibility index (Phi) is 4.76. The highest BCUT2D eigenvalue weighted by molar-refractivity contribution is 5.82. The molecule has 2 aliphatic rings. The highest BCUT2D eigenvalue weighted by atomic mass is 16.5. The number of amides is 1. The number of carbonyl (C=O) groups excluding carboxylic acids is 1. The predicted molar refractivity (Wildman–Crippen MR) is 83.5 cm³/mol. The fourth-order valence-corrected chi connectivity index (χ4v) is 3.34. The molecule has 22 heavy (non-hydrogen) atoms. The Hall–Kier alpha value is -1.43. The number of carbonyl (C=O) groups is 1. The van der Waals surface area contributed by atoms with Gasteiger partial charge >= 0.3 is 0 Å². The van der Waals surface area contributed by atoms with Gasteiger partial charge in [0.2, 0.25) is 0 Å². The second-order valence-corrected chi connectivity index (χ2v) is 6.06. The van der Waals surface area contributed by atoms with Crippen LogP contribution in [0.25, 0.3) is 0 Å². The predicted octanol–water partition coefficient (Wildman–Crippen LogP) is 1.35. The lowest BCUT2D eigenvalue weighted by Gasteiger charge is -2.45. The molecule has 5 nitrogen and oxygen atoms in total. The summed E-state index contributed by atoms with van der Waals surface area (Å²) in [4.78, 5) is 14.8. The lowest BCUT2D eigenvalue weighted by atomic mass is 9.98. The number of nitrogens with one attached hydrogen (secondary N) is 1. The van der Waals surface area contributed by atoms with E-state index < -0.39 is 0 Å². The third-order valence-corrected chi connectivity index (χ3v) is 4.45. The summed E-state index contributed by atoms with van der Waals surface area (Å²) in [7, 11) is 0. The summed E-state index contributed by atoms with van der Waals surface area (Å²) in [6.45, 7) is 6.63. The summed E-state index contributed by atoms with van der Waals surface area (Å²) in [5.74, 6) is 0.0661. The van der Waals surface area contributed by atoms with Gasteiger partial charge < -0.3 is 19.7 Å². The van der Waals surface area contributed by atoms with Crippen molar-refractivity contribution in [1.29, 1.82) is 0 Å². The lowest BCUT2D eigenvalue weighted by molar-refractivity contribution is -0.166. The van der Waals surface area contributed by atoms with Crippen LogP contribution in [-0.2, 0) is 14.3 Å². The topological polar surface area (TPSA) is 50.8 Å². The molecule has 0 bridgehead atoms. The van der Waals surface area contributed by atoms with Crippen molar-refractivity contribution in [2.45, 2.75) is 38.1 Å². The second-order valence-electron chi connectivity index (χ2n) is 6.06. The SMILES string of the molecule is C[C@@H]1CO[C@H](c2ccccc2)[C@@H](C)N1C(=O)[C@H]1CNCCO1. The van der Waals surface area contributed by atoms with Crippen LogP contribution >= 0.6 is 0 Å². The molecule has 0 saturated carbocycles. The van der Waals surface area contributed by atoms with Gasteiger partial charge in [-0.1, -0.05) is 30.3 Å². The highest BCUT2D eigenvalue weighted by Crippen LogP contribution is 2.31. The zero-order valence-corrected chi connectivity index (χ0v) is 13.2. The molecule has 0 aromatic heterocycles. The molecule has 2 aliphatic heterocycles. The highest BCUT2D eigenvalue weighted by Gasteiger charge is 2.40. The average Bonchev–Trinajstić information content (AvgIpc) is 2.56. The maximum Gasteiger partial charge on any atom is 0.253 e. The molecule has 1 amide bonds. The Morgan fingerprint density at radius 3 is 2.68 bits per heavy atom. The van der Waals surface area contributed by atoms with Gasteiger partial charge in [0.25, 0.3) is 5.91 Å². The molecule has 1 N–H and O–H groups in total. The van der Waals surface area contributed by atoms with E-state index in [1.165, 1.54) is 0 Å². The number of nitrogens with zero attached hydrogens (tertiary/aromatic N) is 1. The standard InChI is InChI=1S/C17H24N2O3/c1-12-11-22-16(14-6-4-3-5-7-14)13(2)19(12)17(20)15-10-18-8-9-21-15/h3-7,12-13,15-16,18H,8-11H2,1-2H3/t12-,13-,15-,16+/m1/s1. The van der Waals surface area contributed by atoms with E-state index in [4.69, 9.17) is 9.47 Å². The van der Waals surface area contributed by atoms with Crippen molar-refractivity contribution >= 4 is 5.91 Å². The van der Waals surface area contributed by atoms with Crippen molar-refractivity contribution < 1.29 is 14.3 Å². The summed E-state index contributed by atoms with van der Waals surface area (Å²) in [6, 6.07) is 10.2. The van der Waals surface area contributed by atoms with Gasteiger partial charge in [-0.3, -0.25) is 4.79 Å². The summed E-state index contributed by atoms with van der Waals surface area (Å²) < 4.78 is 11.6. The van der Waals surface area contributed by atoms with Crippen LogP contribution in [0.4, 0.5) is 0 Å². The van der Waals surface area contributed by atoms with E-state index in [2.05, 4.69) is 24.4 Å². The van der Waals surface area contributed by atoms with Gasteiger partial charge in [-0.25, -0.2) is 0 Å². The van der Waals surface area contributed by atoms with Crippen molar-refractivity contribution in [3.63, 3.8) is 0 Å². The molecule has 2 fully saturated rings. The smallest absolute Gasteiger partial charge is 0.253 e. The Morgan fingerprint density at radius 2 is 2.00 bits per heavy atom. The van der Waals surface area contributed by atoms with Crippen LogP contribution in [0.5, 0.6) is 0 Å². The second kappa shape index (κ2) is 6.77. The van der Waals surface area contributed by atoms with Gasteiger partial charge in [-0.15, -0.1) is 0 Å².